The Hall–Kier alpha value is -3.25. The van der Waals surface area contributed by atoms with Gasteiger partial charge in [0.05, 0.1) is 10.5 Å². The van der Waals surface area contributed by atoms with E-state index < -0.39 is 4.92 Å². The van der Waals surface area contributed by atoms with Gasteiger partial charge in [-0.2, -0.15) is 0 Å². The molecule has 25 heavy (non-hydrogen) atoms. The van der Waals surface area contributed by atoms with Gasteiger partial charge in [-0.1, -0.05) is 30.3 Å². The number of nitro groups is 1. The van der Waals surface area contributed by atoms with Crippen molar-refractivity contribution in [3.63, 3.8) is 0 Å². The van der Waals surface area contributed by atoms with Crippen molar-refractivity contribution in [2.24, 2.45) is 0 Å². The molecule has 0 unspecified atom stereocenters. The first-order valence-electron chi connectivity index (χ1n) is 7.59. The summed E-state index contributed by atoms with van der Waals surface area (Å²) < 4.78 is 0. The Kier molecular flexibility index (Phi) is 3.66. The van der Waals surface area contributed by atoms with E-state index in [9.17, 15) is 14.9 Å². The number of hydrogen-bond acceptors (Lipinski definition) is 4. The molecule has 0 saturated carbocycles. The van der Waals surface area contributed by atoms with Crippen LogP contribution in [-0.4, -0.2) is 10.8 Å². The second kappa shape index (κ2) is 5.99. The molecule has 1 aromatic heterocycles. The summed E-state index contributed by atoms with van der Waals surface area (Å²) in [5, 5.41) is 13.8. The monoisotopic (exact) mass is 348 g/mol. The van der Waals surface area contributed by atoms with Crippen LogP contribution in [0.3, 0.4) is 0 Å². The van der Waals surface area contributed by atoms with E-state index in [0.29, 0.717) is 5.57 Å². The smallest absolute Gasteiger partial charge is 0.270 e. The maximum Gasteiger partial charge on any atom is 0.270 e. The van der Waals surface area contributed by atoms with Crippen LogP contribution in [-0.2, 0) is 4.79 Å². The normalized spacial score (nSPS) is 14.4. The van der Waals surface area contributed by atoms with E-state index >= 15 is 0 Å². The van der Waals surface area contributed by atoms with E-state index in [1.165, 1.54) is 17.4 Å². The second-order valence-electron chi connectivity index (χ2n) is 5.57. The van der Waals surface area contributed by atoms with Crippen molar-refractivity contribution in [3.05, 3.63) is 81.2 Å². The standard InChI is InChI=1S/C19H12N2O3S/c22-19-16(15-6-1-2-7-17(15)20-19)11-14-8-9-18(25-14)12-4-3-5-13(10-12)21(23)24/h1-11H,(H,20,22)/b16-11-. The summed E-state index contributed by atoms with van der Waals surface area (Å²) in [6.07, 6.45) is 1.85. The highest BCUT2D eigenvalue weighted by molar-refractivity contribution is 7.16. The van der Waals surface area contributed by atoms with Gasteiger partial charge in [0.2, 0.25) is 0 Å². The minimum atomic E-state index is -0.403. The largest absolute Gasteiger partial charge is 0.321 e. The Bertz CT molecular complexity index is 1040. The molecule has 0 spiro atoms. The molecule has 3 aromatic rings. The third kappa shape index (κ3) is 2.83. The first-order valence-corrected chi connectivity index (χ1v) is 8.40. The van der Waals surface area contributed by atoms with Crippen molar-refractivity contribution in [1.29, 1.82) is 0 Å². The van der Waals surface area contributed by atoms with Crippen LogP contribution < -0.4 is 5.32 Å². The molecule has 0 fully saturated rings. The summed E-state index contributed by atoms with van der Waals surface area (Å²) in [5.41, 5.74) is 3.19. The molecule has 1 aliphatic rings. The number of amides is 1. The van der Waals surface area contributed by atoms with Gasteiger partial charge in [-0.25, -0.2) is 0 Å². The van der Waals surface area contributed by atoms with Crippen molar-refractivity contribution in [2.45, 2.75) is 0 Å². The van der Waals surface area contributed by atoms with Crippen LogP contribution in [0.15, 0.2) is 60.7 Å². The van der Waals surface area contributed by atoms with Gasteiger partial charge < -0.3 is 5.32 Å². The lowest BCUT2D eigenvalue weighted by Gasteiger charge is -1.97. The molecular formula is C19H12N2O3S. The van der Waals surface area contributed by atoms with Crippen molar-refractivity contribution in [3.8, 4) is 10.4 Å². The first kappa shape index (κ1) is 15.3. The number of carbonyl (C=O) groups is 1. The molecule has 2 heterocycles. The number of fused-ring (bicyclic) bond motifs is 1. The fraction of sp³-hybridized carbons (Fsp3) is 0. The molecule has 5 nitrogen and oxygen atoms in total. The predicted octanol–water partition coefficient (Wildman–Crippen LogP) is 4.82. The molecule has 0 radical (unpaired) electrons. The van der Waals surface area contributed by atoms with Crippen LogP contribution in [0.2, 0.25) is 0 Å². The van der Waals surface area contributed by atoms with Gasteiger partial charge in [-0.3, -0.25) is 14.9 Å². The fourth-order valence-corrected chi connectivity index (χ4v) is 3.73. The molecule has 1 amide bonds. The van der Waals surface area contributed by atoms with Crippen LogP contribution in [0.4, 0.5) is 11.4 Å². The summed E-state index contributed by atoms with van der Waals surface area (Å²) in [4.78, 5) is 24.5. The fourth-order valence-electron chi connectivity index (χ4n) is 2.78. The Morgan fingerprint density at radius 1 is 1.04 bits per heavy atom. The molecule has 6 heteroatoms. The van der Waals surface area contributed by atoms with E-state index in [4.69, 9.17) is 0 Å². The summed E-state index contributed by atoms with van der Waals surface area (Å²) in [7, 11) is 0. The maximum atomic E-state index is 12.2. The molecular weight excluding hydrogens is 336 g/mol. The summed E-state index contributed by atoms with van der Waals surface area (Å²) in [5.74, 6) is -0.119. The third-order valence-corrected chi connectivity index (χ3v) is 5.05. The summed E-state index contributed by atoms with van der Waals surface area (Å²) in [6, 6.07) is 17.9. The van der Waals surface area contributed by atoms with Crippen LogP contribution in [0.1, 0.15) is 10.4 Å². The average molecular weight is 348 g/mol. The van der Waals surface area contributed by atoms with Crippen molar-refractivity contribution in [2.75, 3.05) is 5.32 Å². The van der Waals surface area contributed by atoms with Crippen molar-refractivity contribution in [1.82, 2.24) is 0 Å². The number of carbonyl (C=O) groups excluding carboxylic acids is 1. The number of hydrogen-bond donors (Lipinski definition) is 1. The number of para-hydroxylation sites is 1. The van der Waals surface area contributed by atoms with E-state index in [2.05, 4.69) is 5.32 Å². The predicted molar refractivity (Wildman–Crippen MR) is 99.4 cm³/mol. The van der Waals surface area contributed by atoms with E-state index in [0.717, 1.165) is 26.6 Å². The second-order valence-corrected chi connectivity index (χ2v) is 6.68. The van der Waals surface area contributed by atoms with E-state index in [-0.39, 0.29) is 11.6 Å². The Morgan fingerprint density at radius 3 is 2.72 bits per heavy atom. The zero-order valence-electron chi connectivity index (χ0n) is 12.9. The average Bonchev–Trinajstić information content (AvgIpc) is 3.21. The Morgan fingerprint density at radius 2 is 1.88 bits per heavy atom. The number of nitrogens with one attached hydrogen (secondary N) is 1. The Balaban J connectivity index is 1.70. The van der Waals surface area contributed by atoms with Crippen LogP contribution in [0, 0.1) is 10.1 Å². The number of nitrogens with zero attached hydrogens (tertiary/aromatic N) is 1. The first-order chi connectivity index (χ1) is 12.1. The van der Waals surface area contributed by atoms with Gasteiger partial charge in [-0.15, -0.1) is 11.3 Å². The minimum Gasteiger partial charge on any atom is -0.321 e. The highest BCUT2D eigenvalue weighted by atomic mass is 32.1. The van der Waals surface area contributed by atoms with Crippen LogP contribution in [0.25, 0.3) is 22.1 Å². The SMILES string of the molecule is O=C1Nc2ccccc2/C1=C/c1ccc(-c2cccc([N+](=O)[O-])c2)s1. The number of nitro benzene ring substituents is 1. The van der Waals surface area contributed by atoms with Gasteiger partial charge in [0.15, 0.2) is 0 Å². The number of rotatable bonds is 3. The summed E-state index contributed by atoms with van der Waals surface area (Å²) >= 11 is 1.49. The zero-order valence-corrected chi connectivity index (χ0v) is 13.7. The number of anilines is 1. The number of benzene rings is 2. The molecule has 2 aromatic carbocycles. The van der Waals surface area contributed by atoms with Gasteiger partial charge in [-0.05, 0) is 29.8 Å². The topological polar surface area (TPSA) is 72.2 Å². The van der Waals surface area contributed by atoms with Crippen molar-refractivity contribution < 1.29 is 9.72 Å². The lowest BCUT2D eigenvalue weighted by Crippen LogP contribution is -2.03. The number of thiophene rings is 1. The molecule has 1 aliphatic heterocycles. The Labute approximate surface area is 147 Å². The van der Waals surface area contributed by atoms with E-state index in [1.807, 2.05) is 48.5 Å². The highest BCUT2D eigenvalue weighted by Gasteiger charge is 2.23. The quantitative estimate of drug-likeness (QED) is 0.419. The molecule has 0 bridgehead atoms. The molecule has 0 aliphatic carbocycles. The van der Waals surface area contributed by atoms with Gasteiger partial charge in [0.25, 0.3) is 11.6 Å². The van der Waals surface area contributed by atoms with Gasteiger partial charge >= 0.3 is 0 Å². The van der Waals surface area contributed by atoms with Crippen LogP contribution >= 0.6 is 11.3 Å². The lowest BCUT2D eigenvalue weighted by atomic mass is 10.1. The zero-order chi connectivity index (χ0) is 17.4. The summed E-state index contributed by atoms with van der Waals surface area (Å²) in [6.45, 7) is 0. The van der Waals surface area contributed by atoms with Gasteiger partial charge in [0.1, 0.15) is 0 Å². The molecule has 4 rings (SSSR count). The van der Waals surface area contributed by atoms with Crippen molar-refractivity contribution >= 4 is 40.3 Å². The number of non-ortho nitro benzene ring substituents is 1. The lowest BCUT2D eigenvalue weighted by molar-refractivity contribution is -0.384. The molecule has 0 saturated heterocycles. The highest BCUT2D eigenvalue weighted by Crippen LogP contribution is 2.36. The molecule has 122 valence electrons. The maximum absolute atomic E-state index is 12.2. The van der Waals surface area contributed by atoms with E-state index in [1.54, 1.807) is 12.1 Å². The third-order valence-electron chi connectivity index (χ3n) is 3.96. The van der Waals surface area contributed by atoms with Crippen LogP contribution in [0.5, 0.6) is 0 Å². The molecule has 1 N–H and O–H groups in total. The molecule has 0 atom stereocenters. The van der Waals surface area contributed by atoms with Gasteiger partial charge in [0, 0.05) is 33.1 Å². The minimum absolute atomic E-state index is 0.0647.